The van der Waals surface area contributed by atoms with Crippen molar-refractivity contribution in [3.05, 3.63) is 41.7 Å². The number of carbonyl (C=O) groups excluding carboxylic acids is 3. The molecule has 4 N–H and O–H groups in total. The summed E-state index contributed by atoms with van der Waals surface area (Å²) in [6.45, 7) is 5.89. The van der Waals surface area contributed by atoms with Gasteiger partial charge in [0.2, 0.25) is 11.8 Å². The summed E-state index contributed by atoms with van der Waals surface area (Å²) in [7, 11) is 0. The van der Waals surface area contributed by atoms with Crippen LogP contribution in [0.4, 0.5) is 0 Å². The summed E-state index contributed by atoms with van der Waals surface area (Å²) in [4.78, 5) is 37.3. The maximum Gasteiger partial charge on any atom is 0.306 e. The van der Waals surface area contributed by atoms with Crippen LogP contribution in [0.5, 0.6) is 0 Å². The van der Waals surface area contributed by atoms with E-state index in [0.717, 1.165) is 18.4 Å². The van der Waals surface area contributed by atoms with Gasteiger partial charge in [-0.2, -0.15) is 10.4 Å². The van der Waals surface area contributed by atoms with Gasteiger partial charge in [-0.3, -0.25) is 19.1 Å². The number of nitriles is 1. The van der Waals surface area contributed by atoms with Crippen LogP contribution in [-0.2, 0) is 17.9 Å². The maximum atomic E-state index is 13.3. The molecule has 2 aromatic heterocycles. The van der Waals surface area contributed by atoms with E-state index in [4.69, 9.17) is 15.4 Å². The van der Waals surface area contributed by atoms with Gasteiger partial charge in [-0.15, -0.1) is 10.2 Å². The maximum absolute atomic E-state index is 13.3. The zero-order valence-electron chi connectivity index (χ0n) is 19.9. The highest BCUT2D eigenvalue weighted by Crippen LogP contribution is 2.23. The lowest BCUT2D eigenvalue weighted by Crippen LogP contribution is -2.53. The predicted molar refractivity (Wildman–Crippen MR) is 125 cm³/mol. The number of carbonyl (C=O) groups is 3. The number of amides is 3. The monoisotopic (exact) mass is 480 g/mol. The molecular weight excluding hydrogens is 452 g/mol. The van der Waals surface area contributed by atoms with E-state index in [1.54, 1.807) is 10.7 Å². The molecule has 1 aromatic carbocycles. The third kappa shape index (κ3) is 6.20. The number of nitrogens with one attached hydrogen (secondary N) is 2. The number of unbranched alkanes of at least 4 members (excludes halogenated alkanes) is 2. The fraction of sp³-hybridized carbons (Fsp3) is 0.435. The number of benzene rings is 1. The second kappa shape index (κ2) is 10.8. The summed E-state index contributed by atoms with van der Waals surface area (Å²) in [6.07, 6.45) is 1.95. The highest BCUT2D eigenvalue weighted by atomic mass is 16.4. The van der Waals surface area contributed by atoms with Crippen molar-refractivity contribution in [3.8, 4) is 6.07 Å². The quantitative estimate of drug-likeness (QED) is 0.366. The summed E-state index contributed by atoms with van der Waals surface area (Å²) in [5.41, 5.74) is 5.47. The van der Waals surface area contributed by atoms with Crippen LogP contribution < -0.4 is 16.4 Å². The van der Waals surface area contributed by atoms with Gasteiger partial charge in [-0.05, 0) is 24.3 Å². The minimum atomic E-state index is -0.909. The van der Waals surface area contributed by atoms with Crippen molar-refractivity contribution in [3.63, 3.8) is 0 Å². The van der Waals surface area contributed by atoms with Crippen LogP contribution in [-0.4, -0.2) is 43.7 Å². The molecule has 0 radical (unpaired) electrons. The van der Waals surface area contributed by atoms with Gasteiger partial charge < -0.3 is 20.8 Å². The topological polar surface area (TPSA) is 182 Å². The van der Waals surface area contributed by atoms with E-state index in [2.05, 4.69) is 32.0 Å². The van der Waals surface area contributed by atoms with Crippen LogP contribution in [0.3, 0.4) is 0 Å². The fourth-order valence-corrected chi connectivity index (χ4v) is 3.50. The van der Waals surface area contributed by atoms with Gasteiger partial charge in [-0.1, -0.05) is 39.0 Å². The van der Waals surface area contributed by atoms with Crippen LogP contribution in [0.2, 0.25) is 0 Å². The summed E-state index contributed by atoms with van der Waals surface area (Å²) >= 11 is 0. The van der Waals surface area contributed by atoms with Gasteiger partial charge in [0.1, 0.15) is 6.04 Å². The Morgan fingerprint density at radius 3 is 2.60 bits per heavy atom. The van der Waals surface area contributed by atoms with Crippen LogP contribution in [0.25, 0.3) is 10.9 Å². The van der Waals surface area contributed by atoms with E-state index in [1.807, 2.05) is 39.0 Å². The molecular formula is C23H28N8O4. The number of fused-ring (bicyclic) bond motifs is 1. The molecule has 3 rings (SSSR count). The van der Waals surface area contributed by atoms with Gasteiger partial charge in [0.25, 0.3) is 5.91 Å². The Labute approximate surface area is 201 Å². The van der Waals surface area contributed by atoms with E-state index >= 15 is 0 Å². The molecule has 35 heavy (non-hydrogen) atoms. The summed E-state index contributed by atoms with van der Waals surface area (Å²) in [5, 5.41) is 26.5. The Morgan fingerprint density at radius 1 is 1.20 bits per heavy atom. The lowest BCUT2D eigenvalue weighted by molar-refractivity contribution is -0.125. The van der Waals surface area contributed by atoms with E-state index in [1.165, 1.54) is 0 Å². The first-order valence-electron chi connectivity index (χ1n) is 11.1. The van der Waals surface area contributed by atoms with Gasteiger partial charge in [-0.25, -0.2) is 0 Å². The fourth-order valence-electron chi connectivity index (χ4n) is 3.50. The summed E-state index contributed by atoms with van der Waals surface area (Å²) < 4.78 is 6.83. The third-order valence-electron chi connectivity index (χ3n) is 5.28. The molecule has 0 saturated carbocycles. The summed E-state index contributed by atoms with van der Waals surface area (Å²) in [5.74, 6) is -2.17. The molecule has 0 aliphatic heterocycles. The molecule has 0 aliphatic carbocycles. The number of aryl methyl sites for hydroxylation is 1. The van der Waals surface area contributed by atoms with Gasteiger partial charge in [0.15, 0.2) is 5.69 Å². The van der Waals surface area contributed by atoms with Gasteiger partial charge in [0, 0.05) is 18.4 Å². The SMILES string of the molecule is CC(C)(C)[C@H](NC(=O)c1nn(CCCCC#N)c2ccccc12)C(=O)NCc1nnc(C(N)=O)o1. The Morgan fingerprint density at radius 2 is 1.94 bits per heavy atom. The predicted octanol–water partition coefficient (Wildman–Crippen LogP) is 1.67. The van der Waals surface area contributed by atoms with Crippen LogP contribution in [0, 0.1) is 16.7 Å². The number of nitrogens with zero attached hydrogens (tertiary/aromatic N) is 5. The Hall–Kier alpha value is -4.27. The molecule has 184 valence electrons. The first-order chi connectivity index (χ1) is 16.6. The van der Waals surface area contributed by atoms with E-state index < -0.39 is 29.2 Å². The normalized spacial score (nSPS) is 12.2. The second-order valence-electron chi connectivity index (χ2n) is 9.06. The number of nitrogens with two attached hydrogens (primary N) is 1. The van der Waals surface area contributed by atoms with Gasteiger partial charge >= 0.3 is 11.8 Å². The van der Waals surface area contributed by atoms with Gasteiger partial charge in [0.05, 0.1) is 18.1 Å². The first-order valence-corrected chi connectivity index (χ1v) is 11.1. The largest absolute Gasteiger partial charge is 0.415 e. The number of aromatic nitrogens is 4. The minimum Gasteiger partial charge on any atom is -0.415 e. The van der Waals surface area contributed by atoms with Crippen molar-refractivity contribution in [1.82, 2.24) is 30.6 Å². The molecule has 3 aromatic rings. The Balaban J connectivity index is 1.76. The van der Waals surface area contributed by atoms with Crippen LogP contribution in [0.1, 0.15) is 67.1 Å². The zero-order valence-corrected chi connectivity index (χ0v) is 19.9. The van der Waals surface area contributed by atoms with Crippen molar-refractivity contribution < 1.29 is 18.8 Å². The van der Waals surface area contributed by atoms with Crippen LogP contribution in [0.15, 0.2) is 28.7 Å². The molecule has 0 fully saturated rings. The van der Waals surface area contributed by atoms with E-state index in [9.17, 15) is 14.4 Å². The second-order valence-corrected chi connectivity index (χ2v) is 9.06. The number of hydrogen-bond donors (Lipinski definition) is 3. The van der Waals surface area contributed by atoms with E-state index in [-0.39, 0.29) is 24.0 Å². The van der Waals surface area contributed by atoms with Crippen molar-refractivity contribution in [1.29, 1.82) is 5.26 Å². The molecule has 2 heterocycles. The van der Waals surface area contributed by atoms with Crippen molar-refractivity contribution in [2.24, 2.45) is 11.1 Å². The highest BCUT2D eigenvalue weighted by Gasteiger charge is 2.34. The molecule has 12 heteroatoms. The zero-order chi connectivity index (χ0) is 25.6. The molecule has 12 nitrogen and oxygen atoms in total. The molecule has 0 saturated heterocycles. The first kappa shape index (κ1) is 25.4. The molecule has 0 aliphatic rings. The lowest BCUT2D eigenvalue weighted by Gasteiger charge is -2.30. The van der Waals surface area contributed by atoms with E-state index in [0.29, 0.717) is 18.4 Å². The Kier molecular flexibility index (Phi) is 7.80. The molecule has 0 bridgehead atoms. The number of para-hydroxylation sites is 1. The Bertz CT molecular complexity index is 1260. The van der Waals surface area contributed by atoms with Crippen LogP contribution >= 0.6 is 0 Å². The smallest absolute Gasteiger partial charge is 0.306 e. The number of rotatable bonds is 10. The minimum absolute atomic E-state index is 0.00673. The number of hydrogen-bond acceptors (Lipinski definition) is 8. The van der Waals surface area contributed by atoms with Crippen molar-refractivity contribution in [2.75, 3.05) is 0 Å². The molecule has 0 spiro atoms. The summed E-state index contributed by atoms with van der Waals surface area (Å²) in [6, 6.07) is 8.58. The lowest BCUT2D eigenvalue weighted by atomic mass is 9.86. The van der Waals surface area contributed by atoms with Crippen molar-refractivity contribution in [2.45, 2.75) is 59.2 Å². The molecule has 3 amide bonds. The average Bonchev–Trinajstić information content (AvgIpc) is 3.43. The number of primary amides is 1. The average molecular weight is 481 g/mol. The third-order valence-corrected chi connectivity index (χ3v) is 5.28. The van der Waals surface area contributed by atoms with Crippen molar-refractivity contribution >= 4 is 28.6 Å². The molecule has 0 unspecified atom stereocenters. The standard InChI is InChI=1S/C23H28N8O4/c1-23(2,3)18(21(34)26-13-16-28-29-22(35-16)19(25)32)27-20(33)17-14-9-5-6-10-15(14)31(30-17)12-8-4-7-11-24/h5-6,9-10,18H,4,7-8,12-13H2,1-3H3,(H2,25,32)(H,26,34)(H,27,33)/t18-/m1/s1. The highest BCUT2D eigenvalue weighted by molar-refractivity contribution is 6.06. The molecule has 1 atom stereocenters.